The summed E-state index contributed by atoms with van der Waals surface area (Å²) in [6.45, 7) is 33.3. The van der Waals surface area contributed by atoms with Gasteiger partial charge in [-0.25, -0.2) is 9.59 Å². The zero-order chi connectivity index (χ0) is 47.5. The molecule has 0 heterocycles. The van der Waals surface area contributed by atoms with Gasteiger partial charge in [-0.2, -0.15) is 0 Å². The number of nitrogens with one attached hydrogen (secondary N) is 2. The van der Waals surface area contributed by atoms with Gasteiger partial charge in [0.1, 0.15) is 12.1 Å². The number of rotatable bonds is 21. The molecule has 346 valence electrons. The molecule has 0 bridgehead atoms. The molecule has 4 amide bonds. The predicted molar refractivity (Wildman–Crippen MR) is 246 cm³/mol. The minimum atomic E-state index is -1.08. The van der Waals surface area contributed by atoms with Crippen LogP contribution in [0, 0.1) is 22.7 Å². The molecule has 0 fully saturated rings. The maximum absolute atomic E-state index is 14.1. The Kier molecular flexibility index (Phi) is 22.2. The van der Waals surface area contributed by atoms with Crippen LogP contribution in [0.5, 0.6) is 0 Å². The van der Waals surface area contributed by atoms with E-state index in [-0.39, 0.29) is 36.9 Å². The van der Waals surface area contributed by atoms with Crippen LogP contribution in [0.1, 0.15) is 125 Å². The van der Waals surface area contributed by atoms with E-state index in [4.69, 9.17) is 20.9 Å². The molecular formula is C44H80N6O8S2. The summed E-state index contributed by atoms with van der Waals surface area (Å²) in [6, 6.07) is -4.98. The molecule has 0 aliphatic heterocycles. The number of nitrogens with zero attached hydrogens (tertiary/aromatic N) is 2. The first-order chi connectivity index (χ1) is 27.1. The summed E-state index contributed by atoms with van der Waals surface area (Å²) in [5.41, 5.74) is 12.6. The van der Waals surface area contributed by atoms with Crippen LogP contribution in [0.3, 0.4) is 0 Å². The minimum absolute atomic E-state index is 0.0553. The first kappa shape index (κ1) is 56.9. The van der Waals surface area contributed by atoms with Crippen molar-refractivity contribution in [2.24, 2.45) is 34.1 Å². The van der Waals surface area contributed by atoms with Crippen molar-refractivity contribution in [2.45, 2.75) is 170 Å². The van der Waals surface area contributed by atoms with Crippen molar-refractivity contribution in [3.05, 3.63) is 23.3 Å². The van der Waals surface area contributed by atoms with E-state index in [1.54, 1.807) is 63.7 Å². The summed E-state index contributed by atoms with van der Waals surface area (Å²) >= 11 is 0. The molecule has 0 rings (SSSR count). The Morgan fingerprint density at radius 2 is 0.850 bits per heavy atom. The summed E-state index contributed by atoms with van der Waals surface area (Å²) in [5, 5.41) is 5.84. The average molecular weight is 885 g/mol. The largest absolute Gasteiger partial charge is 0.463 e. The van der Waals surface area contributed by atoms with Crippen LogP contribution in [0.25, 0.3) is 0 Å². The molecule has 60 heavy (non-hydrogen) atoms. The highest BCUT2D eigenvalue weighted by Crippen LogP contribution is 2.46. The van der Waals surface area contributed by atoms with Gasteiger partial charge in [-0.1, -0.05) is 103 Å². The highest BCUT2D eigenvalue weighted by molar-refractivity contribution is 8.77. The van der Waals surface area contributed by atoms with E-state index in [0.29, 0.717) is 11.1 Å². The van der Waals surface area contributed by atoms with Gasteiger partial charge < -0.3 is 41.4 Å². The monoisotopic (exact) mass is 885 g/mol. The van der Waals surface area contributed by atoms with Crippen LogP contribution in [-0.4, -0.2) is 118 Å². The van der Waals surface area contributed by atoms with E-state index >= 15 is 0 Å². The van der Waals surface area contributed by atoms with Gasteiger partial charge >= 0.3 is 11.9 Å². The molecule has 0 saturated carbocycles. The van der Waals surface area contributed by atoms with Crippen LogP contribution < -0.4 is 22.1 Å². The molecule has 1 unspecified atom stereocenters. The smallest absolute Gasteiger partial charge is 0.333 e. The van der Waals surface area contributed by atoms with E-state index in [0.717, 1.165) is 0 Å². The van der Waals surface area contributed by atoms with E-state index in [9.17, 15) is 28.8 Å². The zero-order valence-electron chi connectivity index (χ0n) is 40.3. The summed E-state index contributed by atoms with van der Waals surface area (Å²) in [6.07, 6.45) is 3.43. The summed E-state index contributed by atoms with van der Waals surface area (Å²) in [7, 11) is 5.90. The third-order valence-electron chi connectivity index (χ3n) is 10.3. The van der Waals surface area contributed by atoms with Crippen LogP contribution in [0.4, 0.5) is 0 Å². The Balaban J connectivity index is 6.20. The maximum Gasteiger partial charge on any atom is 0.333 e. The molecule has 0 saturated heterocycles. The van der Waals surface area contributed by atoms with Crippen molar-refractivity contribution in [3.8, 4) is 0 Å². The second-order valence-electron chi connectivity index (χ2n) is 19.5. The van der Waals surface area contributed by atoms with E-state index in [1.807, 2.05) is 96.9 Å². The molecule has 0 aromatic heterocycles. The highest BCUT2D eigenvalue weighted by Gasteiger charge is 2.44. The molecule has 0 aliphatic carbocycles. The lowest BCUT2D eigenvalue weighted by Crippen LogP contribution is -2.61. The molecule has 6 N–H and O–H groups in total. The van der Waals surface area contributed by atoms with Gasteiger partial charge in [0.15, 0.2) is 0 Å². The third kappa shape index (κ3) is 16.7. The van der Waals surface area contributed by atoms with Crippen LogP contribution in [0.2, 0.25) is 0 Å². The molecule has 0 aromatic rings. The number of ether oxygens (including phenoxy) is 2. The predicted octanol–water partition coefficient (Wildman–Crippen LogP) is 5.63. The van der Waals surface area contributed by atoms with E-state index < -0.39 is 80.3 Å². The highest BCUT2D eigenvalue weighted by atomic mass is 33.1. The van der Waals surface area contributed by atoms with Gasteiger partial charge in [0.05, 0.1) is 37.4 Å². The quantitative estimate of drug-likeness (QED) is 0.0630. The molecule has 0 aromatic carbocycles. The molecule has 6 atom stereocenters. The second kappa shape index (κ2) is 23.4. The number of carbonyl (C=O) groups is 6. The van der Waals surface area contributed by atoms with Gasteiger partial charge in [0.2, 0.25) is 23.6 Å². The summed E-state index contributed by atoms with van der Waals surface area (Å²) in [4.78, 5) is 83.8. The molecule has 16 heteroatoms. The topological polar surface area (TPSA) is 203 Å². The van der Waals surface area contributed by atoms with Crippen LogP contribution >= 0.6 is 21.6 Å². The second-order valence-corrected chi connectivity index (χ2v) is 22.9. The molecule has 0 aliphatic rings. The standard InChI is InChI=1S/C44H80N6O8S2/c1-21-57-39(55)27(7)23-29(25(3)4)49(19)37(53)33(41(9,10)11)47-35(51)31(45)43(15,16)59-60-44(17,18)32(46)36(52)48-34(42(12,13)14)38(54)50(20)30(26(5)6)24-28(8)40(56)58-22-2/h23-26,29-34H,21-22,45-46H2,1-20H3,(H,47,51)(H,48,52)/b27-23+,28-24+/t29-,30-,31-,32-,33-,34?/m1/s1. The third-order valence-corrected chi connectivity index (χ3v) is 14.6. The number of nitrogens with two attached hydrogens (primary N) is 2. The van der Waals surface area contributed by atoms with Gasteiger partial charge in [0.25, 0.3) is 0 Å². The van der Waals surface area contributed by atoms with Crippen LogP contribution in [-0.2, 0) is 38.2 Å². The van der Waals surface area contributed by atoms with Crippen molar-refractivity contribution in [2.75, 3.05) is 27.3 Å². The van der Waals surface area contributed by atoms with Gasteiger partial charge in [0, 0.05) is 34.7 Å². The number of carbonyl (C=O) groups excluding carboxylic acids is 6. The molecule has 0 radical (unpaired) electrons. The van der Waals surface area contributed by atoms with Gasteiger partial charge in [-0.05, 0) is 78.1 Å². The number of amides is 4. The van der Waals surface area contributed by atoms with E-state index in [2.05, 4.69) is 10.6 Å². The summed E-state index contributed by atoms with van der Waals surface area (Å²) in [5.74, 6) is -2.77. The maximum atomic E-state index is 14.1. The fourth-order valence-electron chi connectivity index (χ4n) is 6.05. The normalized spacial score (nSPS) is 16.3. The number of hydrogen-bond donors (Lipinski definition) is 4. The molecule has 14 nitrogen and oxygen atoms in total. The fourth-order valence-corrected chi connectivity index (χ4v) is 8.82. The van der Waals surface area contributed by atoms with Gasteiger partial charge in [-0.3, -0.25) is 19.2 Å². The lowest BCUT2D eigenvalue weighted by Gasteiger charge is -2.40. The zero-order valence-corrected chi connectivity index (χ0v) is 42.0. The number of hydrogen-bond acceptors (Lipinski definition) is 12. The van der Waals surface area contributed by atoms with E-state index in [1.165, 1.54) is 21.6 Å². The van der Waals surface area contributed by atoms with Crippen molar-refractivity contribution in [1.29, 1.82) is 0 Å². The fraction of sp³-hybridized carbons (Fsp3) is 0.773. The molecule has 0 spiro atoms. The van der Waals surface area contributed by atoms with Crippen molar-refractivity contribution >= 4 is 57.2 Å². The Hall–Kier alpha value is -3.08. The lowest BCUT2D eigenvalue weighted by atomic mass is 9.84. The van der Waals surface area contributed by atoms with Crippen molar-refractivity contribution in [1.82, 2.24) is 20.4 Å². The average Bonchev–Trinajstić information content (AvgIpc) is 3.13. The Morgan fingerprint density at radius 3 is 1.07 bits per heavy atom. The minimum Gasteiger partial charge on any atom is -0.463 e. The van der Waals surface area contributed by atoms with Crippen LogP contribution in [0.15, 0.2) is 23.3 Å². The molecular weight excluding hydrogens is 805 g/mol. The van der Waals surface area contributed by atoms with Crippen molar-refractivity contribution in [3.63, 3.8) is 0 Å². The first-order valence-corrected chi connectivity index (χ1v) is 23.0. The Morgan fingerprint density at radius 1 is 0.583 bits per heavy atom. The van der Waals surface area contributed by atoms with Crippen molar-refractivity contribution < 1.29 is 38.2 Å². The van der Waals surface area contributed by atoms with Gasteiger partial charge in [-0.15, -0.1) is 0 Å². The Labute approximate surface area is 369 Å². The number of esters is 2. The number of likely N-dealkylation sites (N-methyl/N-ethyl adjacent to an activating group) is 2. The summed E-state index contributed by atoms with van der Waals surface area (Å²) < 4.78 is 8.46. The Bertz CT molecular complexity index is 1450. The lowest BCUT2D eigenvalue weighted by molar-refractivity contribution is -0.141. The SMILES string of the molecule is CCOC(=O)/C(C)=C/[C@H](C(C)C)N(C)C(=O)C(NC(=O)[C@@H](N)C(C)(C)SSC(C)(C)[C@H](N)C(=O)N[C@H](C(=O)N(C)[C@H](/C=C(\C)C(=O)OCC)C(C)C)C(C)(C)C)C(C)(C)C. The first-order valence-electron chi connectivity index (χ1n) is 20.8.